The maximum atomic E-state index is 12.2. The van der Waals surface area contributed by atoms with Gasteiger partial charge in [-0.25, -0.2) is 13.4 Å². The second-order valence-corrected chi connectivity index (χ2v) is 8.74. The maximum absolute atomic E-state index is 12.2. The van der Waals surface area contributed by atoms with Crippen LogP contribution in [0.2, 0.25) is 0 Å². The zero-order valence-electron chi connectivity index (χ0n) is 15.3. The van der Waals surface area contributed by atoms with Gasteiger partial charge in [-0.05, 0) is 31.0 Å². The Morgan fingerprint density at radius 1 is 1.27 bits per heavy atom. The van der Waals surface area contributed by atoms with Crippen LogP contribution < -0.4 is 9.46 Å². The van der Waals surface area contributed by atoms with Crippen LogP contribution in [0.25, 0.3) is 0 Å². The van der Waals surface area contributed by atoms with Gasteiger partial charge in [0.2, 0.25) is 10.0 Å². The third-order valence-corrected chi connectivity index (χ3v) is 5.99. The van der Waals surface area contributed by atoms with E-state index in [0.717, 1.165) is 17.8 Å². The number of hydrogen-bond donors (Lipinski definition) is 1. The number of carbonyl (C=O) groups is 1. The Morgan fingerprint density at radius 2 is 1.92 bits per heavy atom. The molecule has 0 unspecified atom stereocenters. The van der Waals surface area contributed by atoms with E-state index in [4.69, 9.17) is 4.74 Å². The maximum Gasteiger partial charge on any atom is 0.265 e. The number of hydrogen-bond acceptors (Lipinski definition) is 6. The number of anilines is 1. The molecule has 0 radical (unpaired) electrons. The summed E-state index contributed by atoms with van der Waals surface area (Å²) in [4.78, 5) is 18.0. The zero-order chi connectivity index (χ0) is 19.3. The van der Waals surface area contributed by atoms with Gasteiger partial charge in [-0.3, -0.25) is 9.52 Å². The van der Waals surface area contributed by atoms with Gasteiger partial charge in [-0.15, -0.1) is 0 Å². The summed E-state index contributed by atoms with van der Waals surface area (Å²) < 4.78 is 32.3. The molecule has 0 spiro atoms. The van der Waals surface area contributed by atoms with Crippen LogP contribution in [-0.4, -0.2) is 50.7 Å². The molecule has 7 nitrogen and oxygen atoms in total. The van der Waals surface area contributed by atoms with Crippen molar-refractivity contribution in [2.45, 2.75) is 20.3 Å². The summed E-state index contributed by atoms with van der Waals surface area (Å²) in [5, 5.41) is 0.181. The molecule has 1 heterocycles. The normalized spacial score (nSPS) is 11.2. The molecule has 0 saturated carbocycles. The molecule has 1 aromatic heterocycles. The second-order valence-electron chi connectivity index (χ2n) is 5.90. The van der Waals surface area contributed by atoms with Gasteiger partial charge in [0.05, 0.1) is 5.69 Å². The number of amides is 1. The van der Waals surface area contributed by atoms with E-state index in [1.807, 2.05) is 24.3 Å². The summed E-state index contributed by atoms with van der Waals surface area (Å²) in [6, 6.07) is 7.54. The van der Waals surface area contributed by atoms with Crippen LogP contribution in [-0.2, 0) is 16.4 Å². The number of nitrogens with zero attached hydrogens (tertiary/aromatic N) is 2. The van der Waals surface area contributed by atoms with Gasteiger partial charge < -0.3 is 9.64 Å². The average Bonchev–Trinajstić information content (AvgIpc) is 2.93. The lowest BCUT2D eigenvalue weighted by molar-refractivity contribution is 0.0831. The highest BCUT2D eigenvalue weighted by molar-refractivity contribution is 7.92. The molecule has 0 aliphatic heterocycles. The van der Waals surface area contributed by atoms with Crippen LogP contribution in [0.5, 0.6) is 5.75 Å². The monoisotopic (exact) mass is 397 g/mol. The molecule has 0 fully saturated rings. The van der Waals surface area contributed by atoms with Crippen molar-refractivity contribution in [2.24, 2.45) is 0 Å². The lowest BCUT2D eigenvalue weighted by Crippen LogP contribution is -2.21. The van der Waals surface area contributed by atoms with E-state index in [2.05, 4.69) is 16.6 Å². The minimum absolute atomic E-state index is 0.0225. The van der Waals surface area contributed by atoms with Gasteiger partial charge in [0, 0.05) is 14.1 Å². The molecule has 0 atom stereocenters. The molecule has 9 heteroatoms. The van der Waals surface area contributed by atoms with E-state index in [1.54, 1.807) is 21.0 Å². The summed E-state index contributed by atoms with van der Waals surface area (Å²) in [6.07, 6.45) is 0.935. The lowest BCUT2D eigenvalue weighted by atomic mass is 10.2. The minimum Gasteiger partial charge on any atom is -0.492 e. The number of ether oxygens (including phenoxy) is 1. The van der Waals surface area contributed by atoms with Crippen LogP contribution >= 0.6 is 11.3 Å². The Morgan fingerprint density at radius 3 is 2.50 bits per heavy atom. The van der Waals surface area contributed by atoms with Crippen molar-refractivity contribution in [3.05, 3.63) is 40.4 Å². The molecule has 1 amide bonds. The highest BCUT2D eigenvalue weighted by Crippen LogP contribution is 2.24. The molecular formula is C17H23N3O4S2. The highest BCUT2D eigenvalue weighted by atomic mass is 32.2. The van der Waals surface area contributed by atoms with Crippen molar-refractivity contribution in [3.63, 3.8) is 0 Å². The Labute approximate surface area is 158 Å². The molecule has 2 rings (SSSR count). The van der Waals surface area contributed by atoms with Crippen LogP contribution in [0.15, 0.2) is 24.3 Å². The number of aromatic nitrogens is 1. The van der Waals surface area contributed by atoms with Gasteiger partial charge >= 0.3 is 0 Å². The largest absolute Gasteiger partial charge is 0.492 e. The van der Waals surface area contributed by atoms with Crippen molar-refractivity contribution in [1.29, 1.82) is 0 Å². The van der Waals surface area contributed by atoms with Gasteiger partial charge in [0.1, 0.15) is 23.0 Å². The number of nitrogens with one attached hydrogen (secondary N) is 1. The van der Waals surface area contributed by atoms with E-state index in [9.17, 15) is 13.2 Å². The Balaban J connectivity index is 1.94. The number of benzene rings is 1. The topological polar surface area (TPSA) is 88.6 Å². The first-order valence-electron chi connectivity index (χ1n) is 8.13. The Hall–Kier alpha value is -2.13. The molecule has 1 aromatic carbocycles. The van der Waals surface area contributed by atoms with Gasteiger partial charge in [0.25, 0.3) is 5.91 Å². The van der Waals surface area contributed by atoms with E-state index in [1.165, 1.54) is 10.5 Å². The van der Waals surface area contributed by atoms with Gasteiger partial charge in [-0.2, -0.15) is 0 Å². The summed E-state index contributed by atoms with van der Waals surface area (Å²) in [6.45, 7) is 3.76. The molecule has 26 heavy (non-hydrogen) atoms. The number of aryl methyl sites for hydroxylation is 2. The Kier molecular flexibility index (Phi) is 6.60. The summed E-state index contributed by atoms with van der Waals surface area (Å²) >= 11 is 1.02. The number of thiazole rings is 1. The van der Waals surface area contributed by atoms with E-state index in [0.29, 0.717) is 16.3 Å². The van der Waals surface area contributed by atoms with E-state index >= 15 is 0 Å². The molecule has 142 valence electrons. The predicted octanol–water partition coefficient (Wildman–Crippen LogP) is 2.54. The fourth-order valence-electron chi connectivity index (χ4n) is 2.12. The Bertz CT molecular complexity index is 859. The van der Waals surface area contributed by atoms with Crippen LogP contribution in [0.3, 0.4) is 0 Å². The molecule has 0 aliphatic rings. The fraction of sp³-hybridized carbons (Fsp3) is 0.412. The number of carbonyl (C=O) groups excluding carboxylic acids is 1. The van der Waals surface area contributed by atoms with Crippen LogP contribution in [0.4, 0.5) is 5.13 Å². The summed E-state index contributed by atoms with van der Waals surface area (Å²) in [5.41, 5.74) is 1.69. The third-order valence-electron chi connectivity index (χ3n) is 3.59. The lowest BCUT2D eigenvalue weighted by Gasteiger charge is -2.08. The van der Waals surface area contributed by atoms with Crippen molar-refractivity contribution in [1.82, 2.24) is 9.88 Å². The number of rotatable bonds is 8. The first-order chi connectivity index (χ1) is 12.2. The SMILES string of the molecule is CCc1ccc(OCCS(=O)(=O)Nc2nc(C)c(C(=O)N(C)C)s2)cc1. The third kappa shape index (κ3) is 5.43. The standard InChI is InChI=1S/C17H23N3O4S2/c1-5-13-6-8-14(9-7-13)24-10-11-26(22,23)19-17-18-12(2)15(25-17)16(21)20(3)4/h6-9H,5,10-11H2,1-4H3,(H,18,19). The van der Waals surface area contributed by atoms with Gasteiger partial charge in [-0.1, -0.05) is 30.4 Å². The molecule has 2 aromatic rings. The predicted molar refractivity (Wildman–Crippen MR) is 104 cm³/mol. The van der Waals surface area contributed by atoms with Gasteiger partial charge in [0.15, 0.2) is 5.13 Å². The highest BCUT2D eigenvalue weighted by Gasteiger charge is 2.20. The van der Waals surface area contributed by atoms with Crippen molar-refractivity contribution in [2.75, 3.05) is 31.2 Å². The van der Waals surface area contributed by atoms with Crippen molar-refractivity contribution in [3.8, 4) is 5.75 Å². The number of sulfonamides is 1. The smallest absolute Gasteiger partial charge is 0.265 e. The molecule has 1 N–H and O–H groups in total. The molecular weight excluding hydrogens is 374 g/mol. The average molecular weight is 398 g/mol. The molecule has 0 aliphatic carbocycles. The first kappa shape index (κ1) is 20.2. The van der Waals surface area contributed by atoms with Crippen LogP contribution in [0, 0.1) is 6.92 Å². The van der Waals surface area contributed by atoms with Crippen LogP contribution in [0.1, 0.15) is 27.9 Å². The molecule has 0 bridgehead atoms. The second kappa shape index (κ2) is 8.50. The molecule has 0 saturated heterocycles. The van der Waals surface area contributed by atoms with Crippen molar-refractivity contribution < 1.29 is 17.9 Å². The van der Waals surface area contributed by atoms with E-state index in [-0.39, 0.29) is 23.4 Å². The zero-order valence-corrected chi connectivity index (χ0v) is 16.9. The fourth-order valence-corrected chi connectivity index (χ4v) is 4.22. The summed E-state index contributed by atoms with van der Waals surface area (Å²) in [5.74, 6) is 0.212. The minimum atomic E-state index is -3.62. The van der Waals surface area contributed by atoms with Crippen molar-refractivity contribution >= 4 is 32.4 Å². The quantitative estimate of drug-likeness (QED) is 0.739. The first-order valence-corrected chi connectivity index (χ1v) is 10.6. The summed E-state index contributed by atoms with van der Waals surface area (Å²) in [7, 11) is -0.350. The van der Waals surface area contributed by atoms with E-state index < -0.39 is 10.0 Å².